The summed E-state index contributed by atoms with van der Waals surface area (Å²) in [4.78, 5) is 17.0. The molecule has 2 heterocycles. The number of carbonyl (C=O) groups excluding carboxylic acids is 1. The van der Waals surface area contributed by atoms with Gasteiger partial charge >= 0.3 is 0 Å². The third-order valence-corrected chi connectivity index (χ3v) is 5.07. The first-order valence-corrected chi connectivity index (χ1v) is 8.73. The monoisotopic (exact) mass is 397 g/mol. The summed E-state index contributed by atoms with van der Waals surface area (Å²) in [6.45, 7) is 0. The Labute approximate surface area is 153 Å². The molecule has 0 fully saturated rings. The number of imidazole rings is 1. The molecule has 0 spiro atoms. The van der Waals surface area contributed by atoms with Crippen molar-refractivity contribution in [2.75, 3.05) is 12.4 Å². The molecule has 0 radical (unpaired) electrons. The van der Waals surface area contributed by atoms with Crippen molar-refractivity contribution in [1.29, 1.82) is 0 Å². The number of nitrogens with zero attached hydrogens (tertiary/aromatic N) is 2. The van der Waals surface area contributed by atoms with Crippen molar-refractivity contribution in [2.45, 2.75) is 12.3 Å². The number of halogens is 1. The van der Waals surface area contributed by atoms with E-state index >= 15 is 0 Å². The Balaban J connectivity index is 1.86. The zero-order chi connectivity index (χ0) is 17.4. The maximum absolute atomic E-state index is 12.4. The van der Waals surface area contributed by atoms with Gasteiger partial charge in [-0.15, -0.1) is 0 Å². The molecule has 25 heavy (non-hydrogen) atoms. The number of benzene rings is 2. The van der Waals surface area contributed by atoms with Gasteiger partial charge in [0.2, 0.25) is 5.91 Å². The van der Waals surface area contributed by atoms with Crippen molar-refractivity contribution in [3.63, 3.8) is 0 Å². The van der Waals surface area contributed by atoms with Gasteiger partial charge in [-0.1, -0.05) is 30.3 Å². The first-order valence-electron chi connectivity index (χ1n) is 7.94. The fourth-order valence-corrected chi connectivity index (χ4v) is 3.72. The molecule has 1 amide bonds. The highest BCUT2D eigenvalue weighted by Gasteiger charge is 2.32. The largest absolute Gasteiger partial charge is 0.496 e. The van der Waals surface area contributed by atoms with E-state index in [-0.39, 0.29) is 11.8 Å². The van der Waals surface area contributed by atoms with Crippen LogP contribution in [0.1, 0.15) is 23.6 Å². The predicted molar refractivity (Wildman–Crippen MR) is 99.3 cm³/mol. The van der Waals surface area contributed by atoms with Crippen LogP contribution in [0.2, 0.25) is 0 Å². The number of ether oxygens (including phenoxy) is 1. The van der Waals surface area contributed by atoms with Gasteiger partial charge in [0.15, 0.2) is 0 Å². The molecule has 1 N–H and O–H groups in total. The third kappa shape index (κ3) is 2.72. The lowest BCUT2D eigenvalue weighted by Gasteiger charge is -2.24. The molecule has 3 aromatic rings. The van der Waals surface area contributed by atoms with Crippen molar-refractivity contribution >= 4 is 27.7 Å². The van der Waals surface area contributed by atoms with E-state index in [2.05, 4.69) is 26.2 Å². The molecule has 0 unspecified atom stereocenters. The molecule has 4 rings (SSSR count). The summed E-state index contributed by atoms with van der Waals surface area (Å²) < 4.78 is 8.32. The number of aromatic nitrogens is 2. The number of nitrogens with one attached hydrogen (secondary N) is 1. The molecule has 6 heteroatoms. The molecule has 1 aliphatic rings. The Bertz CT molecular complexity index is 951. The Morgan fingerprint density at radius 2 is 1.96 bits per heavy atom. The minimum atomic E-state index is -0.136. The average Bonchev–Trinajstić information content (AvgIpc) is 3.05. The predicted octanol–water partition coefficient (Wildman–Crippen LogP) is 4.12. The Kier molecular flexibility index (Phi) is 4.05. The van der Waals surface area contributed by atoms with Crippen LogP contribution in [-0.4, -0.2) is 22.6 Å². The number of rotatable bonds is 3. The molecule has 5 nitrogen and oxygen atoms in total. The van der Waals surface area contributed by atoms with E-state index in [1.54, 1.807) is 13.4 Å². The number of methoxy groups -OCH3 is 1. The van der Waals surface area contributed by atoms with Gasteiger partial charge < -0.3 is 10.1 Å². The van der Waals surface area contributed by atoms with Crippen molar-refractivity contribution in [3.8, 4) is 11.4 Å². The van der Waals surface area contributed by atoms with Crippen molar-refractivity contribution in [2.24, 2.45) is 0 Å². The van der Waals surface area contributed by atoms with E-state index in [4.69, 9.17) is 4.74 Å². The number of para-hydroxylation sites is 2. The standard InChI is InChI=1S/C19H16BrN3O2/c1-25-16-9-5-2-6-12(16)13-10-17(24)22-19-18(13)21-11-23(19)15-8-4-3-7-14(15)20/h2-9,11,13H,10H2,1H3,(H,22,24)/t13-/m0/s1. The number of carbonyl (C=O) groups is 1. The van der Waals surface area contributed by atoms with Gasteiger partial charge in [-0.2, -0.15) is 0 Å². The van der Waals surface area contributed by atoms with Crippen LogP contribution >= 0.6 is 15.9 Å². The summed E-state index contributed by atoms with van der Waals surface area (Å²) in [6.07, 6.45) is 2.10. The smallest absolute Gasteiger partial charge is 0.226 e. The van der Waals surface area contributed by atoms with Crippen LogP contribution in [0.5, 0.6) is 5.75 Å². The molecular weight excluding hydrogens is 382 g/mol. The molecule has 0 saturated carbocycles. The highest BCUT2D eigenvalue weighted by molar-refractivity contribution is 9.10. The van der Waals surface area contributed by atoms with Crippen LogP contribution in [0, 0.1) is 0 Å². The van der Waals surface area contributed by atoms with E-state index in [1.807, 2.05) is 53.1 Å². The summed E-state index contributed by atoms with van der Waals surface area (Å²) in [6, 6.07) is 15.6. The maximum Gasteiger partial charge on any atom is 0.226 e. The maximum atomic E-state index is 12.4. The van der Waals surface area contributed by atoms with Crippen molar-refractivity contribution in [3.05, 3.63) is 70.6 Å². The lowest BCUT2D eigenvalue weighted by Crippen LogP contribution is -2.25. The Morgan fingerprint density at radius 1 is 1.20 bits per heavy atom. The Hall–Kier alpha value is -2.60. The van der Waals surface area contributed by atoms with Crippen LogP contribution in [0.25, 0.3) is 5.69 Å². The van der Waals surface area contributed by atoms with E-state index in [0.717, 1.165) is 27.2 Å². The summed E-state index contributed by atoms with van der Waals surface area (Å²) in [5.41, 5.74) is 2.75. The van der Waals surface area contributed by atoms with Gasteiger partial charge in [0, 0.05) is 22.4 Å². The summed E-state index contributed by atoms with van der Waals surface area (Å²) in [5, 5.41) is 2.97. The zero-order valence-electron chi connectivity index (χ0n) is 13.6. The summed E-state index contributed by atoms with van der Waals surface area (Å²) in [5.74, 6) is 1.31. The van der Waals surface area contributed by atoms with Crippen molar-refractivity contribution < 1.29 is 9.53 Å². The molecule has 0 aliphatic carbocycles. The number of anilines is 1. The minimum absolute atomic E-state index is 0.0304. The topological polar surface area (TPSA) is 56.1 Å². The zero-order valence-corrected chi connectivity index (χ0v) is 15.2. The van der Waals surface area contributed by atoms with Crippen LogP contribution < -0.4 is 10.1 Å². The normalized spacial score (nSPS) is 16.2. The molecule has 1 aromatic heterocycles. The summed E-state index contributed by atoms with van der Waals surface area (Å²) in [7, 11) is 1.64. The third-order valence-electron chi connectivity index (χ3n) is 4.40. The first kappa shape index (κ1) is 15.9. The van der Waals surface area contributed by atoms with Crippen LogP contribution in [0.3, 0.4) is 0 Å². The second kappa shape index (κ2) is 6.37. The fourth-order valence-electron chi connectivity index (χ4n) is 3.25. The van der Waals surface area contributed by atoms with Crippen LogP contribution in [-0.2, 0) is 4.79 Å². The van der Waals surface area contributed by atoms with Gasteiger partial charge in [0.1, 0.15) is 17.9 Å². The van der Waals surface area contributed by atoms with Gasteiger partial charge in [-0.05, 0) is 34.1 Å². The number of fused-ring (bicyclic) bond motifs is 1. The van der Waals surface area contributed by atoms with Crippen LogP contribution in [0.4, 0.5) is 5.82 Å². The van der Waals surface area contributed by atoms with Gasteiger partial charge in [-0.3, -0.25) is 9.36 Å². The van der Waals surface area contributed by atoms with Gasteiger partial charge in [0.25, 0.3) is 0 Å². The van der Waals surface area contributed by atoms with Crippen LogP contribution in [0.15, 0.2) is 59.3 Å². The van der Waals surface area contributed by atoms with E-state index in [1.165, 1.54) is 0 Å². The minimum Gasteiger partial charge on any atom is -0.496 e. The fraction of sp³-hybridized carbons (Fsp3) is 0.158. The van der Waals surface area contributed by atoms with E-state index in [0.29, 0.717) is 12.2 Å². The molecule has 0 saturated heterocycles. The average molecular weight is 398 g/mol. The lowest BCUT2D eigenvalue weighted by molar-refractivity contribution is -0.116. The second-order valence-corrected chi connectivity index (χ2v) is 6.70. The highest BCUT2D eigenvalue weighted by Crippen LogP contribution is 2.41. The van der Waals surface area contributed by atoms with Crippen molar-refractivity contribution in [1.82, 2.24) is 9.55 Å². The van der Waals surface area contributed by atoms with E-state index in [9.17, 15) is 4.79 Å². The molecule has 2 aromatic carbocycles. The molecular formula is C19H16BrN3O2. The highest BCUT2D eigenvalue weighted by atomic mass is 79.9. The number of hydrogen-bond acceptors (Lipinski definition) is 3. The van der Waals surface area contributed by atoms with E-state index < -0.39 is 0 Å². The van der Waals surface area contributed by atoms with Gasteiger partial charge in [-0.25, -0.2) is 4.98 Å². The number of amides is 1. The lowest BCUT2D eigenvalue weighted by atomic mass is 9.89. The number of hydrogen-bond donors (Lipinski definition) is 1. The van der Waals surface area contributed by atoms with Gasteiger partial charge in [0.05, 0.1) is 18.5 Å². The Morgan fingerprint density at radius 3 is 2.76 bits per heavy atom. The quantitative estimate of drug-likeness (QED) is 0.722. The summed E-state index contributed by atoms with van der Waals surface area (Å²) >= 11 is 3.56. The second-order valence-electron chi connectivity index (χ2n) is 5.85. The molecule has 126 valence electrons. The molecule has 1 atom stereocenters. The SMILES string of the molecule is COc1ccccc1[C@@H]1CC(=O)Nc2c1ncn2-c1ccccc1Br. The first-order chi connectivity index (χ1) is 12.2. The molecule has 0 bridgehead atoms. The molecule has 1 aliphatic heterocycles.